The second kappa shape index (κ2) is 5.13. The minimum atomic E-state index is -1.07. The molecule has 104 valence electrons. The fourth-order valence-electron chi connectivity index (χ4n) is 2.16. The van der Waals surface area contributed by atoms with E-state index in [1.807, 2.05) is 42.5 Å². The summed E-state index contributed by atoms with van der Waals surface area (Å²) < 4.78 is 0. The van der Waals surface area contributed by atoms with Crippen molar-refractivity contribution in [3.8, 4) is 0 Å². The van der Waals surface area contributed by atoms with Crippen LogP contribution >= 0.6 is 0 Å². The molecular formula is C16H13N3O2. The third-order valence-corrected chi connectivity index (χ3v) is 3.23. The van der Waals surface area contributed by atoms with Crippen molar-refractivity contribution in [3.63, 3.8) is 0 Å². The van der Waals surface area contributed by atoms with E-state index in [2.05, 4.69) is 10.3 Å². The van der Waals surface area contributed by atoms with Crippen LogP contribution in [0.5, 0.6) is 0 Å². The summed E-state index contributed by atoms with van der Waals surface area (Å²) >= 11 is 0. The molecule has 0 spiro atoms. The van der Waals surface area contributed by atoms with Crippen molar-refractivity contribution in [1.29, 1.82) is 0 Å². The van der Waals surface area contributed by atoms with E-state index in [0.717, 1.165) is 16.5 Å². The van der Waals surface area contributed by atoms with Gasteiger partial charge < -0.3 is 16.2 Å². The van der Waals surface area contributed by atoms with E-state index in [1.54, 1.807) is 0 Å². The molecule has 0 atom stereocenters. The fraction of sp³-hybridized carbons (Fsp3) is 0. The largest absolute Gasteiger partial charge is 0.478 e. The summed E-state index contributed by atoms with van der Waals surface area (Å²) in [5.41, 5.74) is 6.80. The van der Waals surface area contributed by atoms with Gasteiger partial charge in [0.05, 0.1) is 11.3 Å². The molecule has 0 aliphatic heterocycles. The molecule has 1 heterocycles. The zero-order valence-electron chi connectivity index (χ0n) is 11.1. The Bertz CT molecular complexity index is 831. The summed E-state index contributed by atoms with van der Waals surface area (Å²) in [4.78, 5) is 15.2. The van der Waals surface area contributed by atoms with Gasteiger partial charge in [-0.15, -0.1) is 0 Å². The van der Waals surface area contributed by atoms with Gasteiger partial charge in [0.25, 0.3) is 0 Å². The predicted octanol–water partition coefficient (Wildman–Crippen LogP) is 3.26. The Balaban J connectivity index is 1.98. The average Bonchev–Trinajstić information content (AvgIpc) is 2.49. The number of hydrogen-bond donors (Lipinski definition) is 3. The van der Waals surface area contributed by atoms with E-state index < -0.39 is 5.97 Å². The van der Waals surface area contributed by atoms with Crippen LogP contribution in [0.2, 0.25) is 0 Å². The number of carboxylic acid groups (broad SMARTS) is 1. The first-order valence-corrected chi connectivity index (χ1v) is 6.39. The van der Waals surface area contributed by atoms with E-state index in [0.29, 0.717) is 5.82 Å². The van der Waals surface area contributed by atoms with Crippen molar-refractivity contribution < 1.29 is 9.90 Å². The molecule has 0 fully saturated rings. The number of benzene rings is 2. The molecule has 5 heteroatoms. The van der Waals surface area contributed by atoms with Crippen LogP contribution in [0, 0.1) is 0 Å². The van der Waals surface area contributed by atoms with Gasteiger partial charge in [0.1, 0.15) is 0 Å². The summed E-state index contributed by atoms with van der Waals surface area (Å²) in [5.74, 6) is -0.735. The summed E-state index contributed by atoms with van der Waals surface area (Å²) in [6.45, 7) is 0. The Morgan fingerprint density at radius 3 is 2.62 bits per heavy atom. The number of rotatable bonds is 3. The van der Waals surface area contributed by atoms with E-state index in [4.69, 9.17) is 10.8 Å². The number of nitrogens with two attached hydrogens (primary N) is 1. The van der Waals surface area contributed by atoms with Crippen LogP contribution in [0.1, 0.15) is 10.4 Å². The lowest BCUT2D eigenvalue weighted by Gasteiger charge is -2.10. The molecule has 5 nitrogen and oxygen atoms in total. The van der Waals surface area contributed by atoms with Crippen molar-refractivity contribution >= 4 is 33.9 Å². The molecule has 0 amide bonds. The maximum Gasteiger partial charge on any atom is 0.337 e. The number of fused-ring (bicyclic) bond motifs is 1. The quantitative estimate of drug-likeness (QED) is 0.685. The Labute approximate surface area is 121 Å². The van der Waals surface area contributed by atoms with E-state index in [9.17, 15) is 4.79 Å². The number of aromatic carboxylic acids is 1. The molecule has 0 bridgehead atoms. The SMILES string of the molecule is Nc1c(C(=O)O)ccnc1Nc1ccc2ccccc2c1. The van der Waals surface area contributed by atoms with Crippen molar-refractivity contribution in [2.75, 3.05) is 11.1 Å². The second-order valence-electron chi connectivity index (χ2n) is 4.61. The molecule has 0 saturated carbocycles. The molecule has 0 aliphatic carbocycles. The van der Waals surface area contributed by atoms with Crippen LogP contribution in [0.3, 0.4) is 0 Å². The summed E-state index contributed by atoms with van der Waals surface area (Å²) in [5, 5.41) is 14.3. The first-order valence-electron chi connectivity index (χ1n) is 6.39. The average molecular weight is 279 g/mol. The lowest BCUT2D eigenvalue weighted by atomic mass is 10.1. The normalized spacial score (nSPS) is 10.5. The minimum Gasteiger partial charge on any atom is -0.478 e. The summed E-state index contributed by atoms with van der Waals surface area (Å²) in [7, 11) is 0. The van der Waals surface area contributed by atoms with Crippen molar-refractivity contribution in [2.24, 2.45) is 0 Å². The highest BCUT2D eigenvalue weighted by Gasteiger charge is 2.12. The second-order valence-corrected chi connectivity index (χ2v) is 4.61. The highest BCUT2D eigenvalue weighted by molar-refractivity contribution is 5.97. The molecule has 0 saturated heterocycles. The molecule has 4 N–H and O–H groups in total. The standard InChI is InChI=1S/C16H13N3O2/c17-14-13(16(20)21)7-8-18-15(14)19-12-6-5-10-3-1-2-4-11(10)9-12/h1-9H,17H2,(H,18,19)(H,20,21). The number of pyridine rings is 1. The maximum absolute atomic E-state index is 11.1. The number of anilines is 3. The van der Waals surface area contributed by atoms with Crippen LogP contribution in [0.25, 0.3) is 10.8 Å². The number of nitrogens with one attached hydrogen (secondary N) is 1. The van der Waals surface area contributed by atoms with Gasteiger partial charge in [0.2, 0.25) is 0 Å². The van der Waals surface area contributed by atoms with Crippen molar-refractivity contribution in [3.05, 3.63) is 60.3 Å². The number of carbonyl (C=O) groups is 1. The fourth-order valence-corrected chi connectivity index (χ4v) is 2.16. The Morgan fingerprint density at radius 2 is 1.86 bits per heavy atom. The lowest BCUT2D eigenvalue weighted by Crippen LogP contribution is -2.06. The van der Waals surface area contributed by atoms with Gasteiger partial charge in [-0.25, -0.2) is 9.78 Å². The third-order valence-electron chi connectivity index (χ3n) is 3.23. The number of hydrogen-bond acceptors (Lipinski definition) is 4. The molecule has 2 aromatic carbocycles. The van der Waals surface area contributed by atoms with Gasteiger partial charge in [0.15, 0.2) is 5.82 Å². The zero-order chi connectivity index (χ0) is 14.8. The molecule has 21 heavy (non-hydrogen) atoms. The molecule has 0 radical (unpaired) electrons. The van der Waals surface area contributed by atoms with Crippen molar-refractivity contribution in [2.45, 2.75) is 0 Å². The van der Waals surface area contributed by atoms with Gasteiger partial charge in [0, 0.05) is 11.9 Å². The third kappa shape index (κ3) is 2.49. The number of nitrogens with zero attached hydrogens (tertiary/aromatic N) is 1. The number of nitrogen functional groups attached to an aromatic ring is 1. The molecular weight excluding hydrogens is 266 g/mol. The van der Waals surface area contributed by atoms with Crippen LogP contribution in [-0.2, 0) is 0 Å². The lowest BCUT2D eigenvalue weighted by molar-refractivity contribution is 0.0698. The van der Waals surface area contributed by atoms with E-state index >= 15 is 0 Å². The van der Waals surface area contributed by atoms with Gasteiger partial charge in [-0.05, 0) is 29.0 Å². The summed E-state index contributed by atoms with van der Waals surface area (Å²) in [6, 6.07) is 15.2. The Morgan fingerprint density at radius 1 is 1.10 bits per heavy atom. The smallest absolute Gasteiger partial charge is 0.337 e. The van der Waals surface area contributed by atoms with E-state index in [-0.39, 0.29) is 11.3 Å². The first-order chi connectivity index (χ1) is 10.1. The molecule has 0 aliphatic rings. The zero-order valence-corrected chi connectivity index (χ0v) is 11.1. The Hall–Kier alpha value is -3.08. The predicted molar refractivity (Wildman–Crippen MR) is 82.8 cm³/mol. The van der Waals surface area contributed by atoms with Gasteiger partial charge in [-0.1, -0.05) is 30.3 Å². The van der Waals surface area contributed by atoms with Gasteiger partial charge >= 0.3 is 5.97 Å². The first kappa shape index (κ1) is 12.9. The minimum absolute atomic E-state index is 0.0355. The highest BCUT2D eigenvalue weighted by Crippen LogP contribution is 2.26. The summed E-state index contributed by atoms with van der Waals surface area (Å²) in [6.07, 6.45) is 1.42. The number of carboxylic acids is 1. The molecule has 3 rings (SSSR count). The molecule has 0 unspecified atom stereocenters. The van der Waals surface area contributed by atoms with Crippen LogP contribution in [0.4, 0.5) is 17.2 Å². The van der Waals surface area contributed by atoms with Crippen LogP contribution < -0.4 is 11.1 Å². The maximum atomic E-state index is 11.1. The molecule has 1 aromatic heterocycles. The molecule has 3 aromatic rings. The monoisotopic (exact) mass is 279 g/mol. The van der Waals surface area contributed by atoms with Crippen LogP contribution in [0.15, 0.2) is 54.7 Å². The van der Waals surface area contributed by atoms with Gasteiger partial charge in [-0.3, -0.25) is 0 Å². The van der Waals surface area contributed by atoms with Gasteiger partial charge in [-0.2, -0.15) is 0 Å². The topological polar surface area (TPSA) is 88.2 Å². The Kier molecular flexibility index (Phi) is 3.16. The van der Waals surface area contributed by atoms with E-state index in [1.165, 1.54) is 12.3 Å². The van der Waals surface area contributed by atoms with Crippen molar-refractivity contribution in [1.82, 2.24) is 4.98 Å². The van der Waals surface area contributed by atoms with Crippen LogP contribution in [-0.4, -0.2) is 16.1 Å². The number of aromatic nitrogens is 1. The highest BCUT2D eigenvalue weighted by atomic mass is 16.4.